The van der Waals surface area contributed by atoms with Gasteiger partial charge in [0.05, 0.1) is 18.1 Å². The number of ether oxygens (including phenoxy) is 3. The van der Waals surface area contributed by atoms with Crippen LogP contribution in [0.2, 0.25) is 0 Å². The number of fused-ring (bicyclic) bond motifs is 1. The predicted molar refractivity (Wildman–Crippen MR) is 113 cm³/mol. The molecule has 0 amide bonds. The van der Waals surface area contributed by atoms with Gasteiger partial charge in [0.15, 0.2) is 11.5 Å². The molecule has 1 aromatic carbocycles. The maximum atomic E-state index is 13.1. The Bertz CT molecular complexity index is 1040. The lowest BCUT2D eigenvalue weighted by Gasteiger charge is -2.35. The number of benzene rings is 1. The van der Waals surface area contributed by atoms with Crippen LogP contribution >= 0.6 is 0 Å². The zero-order chi connectivity index (χ0) is 21.3. The summed E-state index contributed by atoms with van der Waals surface area (Å²) in [6.07, 6.45) is 1.76. The molecule has 5 rings (SSSR count). The average molecular weight is 448 g/mol. The summed E-state index contributed by atoms with van der Waals surface area (Å²) >= 11 is 0. The van der Waals surface area contributed by atoms with Crippen molar-refractivity contribution in [2.75, 3.05) is 75.5 Å². The van der Waals surface area contributed by atoms with E-state index in [1.807, 2.05) is 6.07 Å². The fraction of sp³-hybridized carbons (Fsp3) is 0.500. The van der Waals surface area contributed by atoms with Crippen molar-refractivity contribution < 1.29 is 22.6 Å². The standard InChI is InChI=1S/C20H25N5O5S/c26-31(27,16-1-2-17-18(15-16)30-14-13-29-17)25-7-5-23(6-8-25)19-3-4-21-20(22-19)24-9-11-28-12-10-24/h1-4,15H,5-14H2. The average Bonchev–Trinajstić information content (AvgIpc) is 2.84. The van der Waals surface area contributed by atoms with Gasteiger partial charge in [0.25, 0.3) is 0 Å². The summed E-state index contributed by atoms with van der Waals surface area (Å²) in [7, 11) is -3.61. The van der Waals surface area contributed by atoms with Crippen molar-refractivity contribution in [1.29, 1.82) is 0 Å². The lowest BCUT2D eigenvalue weighted by molar-refractivity contribution is 0.122. The molecular formula is C20H25N5O5S. The van der Waals surface area contributed by atoms with Crippen LogP contribution < -0.4 is 19.3 Å². The zero-order valence-corrected chi connectivity index (χ0v) is 18.0. The van der Waals surface area contributed by atoms with Gasteiger partial charge in [0.2, 0.25) is 16.0 Å². The number of sulfonamides is 1. The van der Waals surface area contributed by atoms with Crippen LogP contribution in [0, 0.1) is 0 Å². The van der Waals surface area contributed by atoms with Crippen molar-refractivity contribution in [2.45, 2.75) is 4.90 Å². The van der Waals surface area contributed by atoms with E-state index in [1.54, 1.807) is 24.4 Å². The molecule has 11 heteroatoms. The van der Waals surface area contributed by atoms with E-state index in [9.17, 15) is 8.42 Å². The van der Waals surface area contributed by atoms with Gasteiger partial charge in [0, 0.05) is 51.5 Å². The second kappa shape index (κ2) is 8.48. The SMILES string of the molecule is O=S(=O)(c1ccc2c(c1)OCCO2)N1CCN(c2ccnc(N3CCOCC3)n2)CC1. The first-order valence-electron chi connectivity index (χ1n) is 10.4. The number of aromatic nitrogens is 2. The normalized spacial score (nSPS) is 20.0. The molecule has 0 radical (unpaired) electrons. The molecule has 1 aromatic heterocycles. The van der Waals surface area contributed by atoms with Crippen molar-refractivity contribution in [1.82, 2.24) is 14.3 Å². The third kappa shape index (κ3) is 4.12. The summed E-state index contributed by atoms with van der Waals surface area (Å²) in [6.45, 7) is 5.65. The van der Waals surface area contributed by atoms with E-state index in [4.69, 9.17) is 19.2 Å². The number of rotatable bonds is 4. The highest BCUT2D eigenvalue weighted by Gasteiger charge is 2.30. The van der Waals surface area contributed by atoms with E-state index >= 15 is 0 Å². The lowest BCUT2D eigenvalue weighted by atomic mass is 10.3. The maximum absolute atomic E-state index is 13.1. The monoisotopic (exact) mass is 447 g/mol. The Kier molecular flexibility index (Phi) is 5.55. The Balaban J connectivity index is 1.27. The second-order valence-corrected chi connectivity index (χ2v) is 9.45. The van der Waals surface area contributed by atoms with E-state index in [2.05, 4.69) is 14.8 Å². The van der Waals surface area contributed by atoms with Gasteiger partial charge < -0.3 is 24.0 Å². The van der Waals surface area contributed by atoms with E-state index in [-0.39, 0.29) is 4.90 Å². The van der Waals surface area contributed by atoms with E-state index in [0.717, 1.165) is 18.9 Å². The van der Waals surface area contributed by atoms with E-state index < -0.39 is 10.0 Å². The van der Waals surface area contributed by atoms with Crippen molar-refractivity contribution in [3.8, 4) is 11.5 Å². The summed E-state index contributed by atoms with van der Waals surface area (Å²) in [5.41, 5.74) is 0. The first kappa shape index (κ1) is 20.3. The molecular weight excluding hydrogens is 422 g/mol. The van der Waals surface area contributed by atoms with Crippen molar-refractivity contribution >= 4 is 21.8 Å². The zero-order valence-electron chi connectivity index (χ0n) is 17.1. The van der Waals surface area contributed by atoms with Gasteiger partial charge in [-0.05, 0) is 18.2 Å². The molecule has 10 nitrogen and oxygen atoms in total. The molecule has 31 heavy (non-hydrogen) atoms. The highest BCUT2D eigenvalue weighted by atomic mass is 32.2. The summed E-state index contributed by atoms with van der Waals surface area (Å²) in [5.74, 6) is 2.55. The summed E-state index contributed by atoms with van der Waals surface area (Å²) in [6, 6.07) is 6.66. The largest absolute Gasteiger partial charge is 0.486 e. The molecule has 0 unspecified atom stereocenters. The molecule has 2 saturated heterocycles. The third-order valence-corrected chi connectivity index (χ3v) is 7.53. The number of nitrogens with zero attached hydrogens (tertiary/aromatic N) is 5. The molecule has 0 atom stereocenters. The first-order chi connectivity index (χ1) is 15.1. The van der Waals surface area contributed by atoms with Crippen molar-refractivity contribution in [3.05, 3.63) is 30.5 Å². The van der Waals surface area contributed by atoms with Crippen molar-refractivity contribution in [3.63, 3.8) is 0 Å². The van der Waals surface area contributed by atoms with Gasteiger partial charge in [-0.2, -0.15) is 9.29 Å². The Morgan fingerprint density at radius 2 is 1.55 bits per heavy atom. The molecule has 0 bridgehead atoms. The molecule has 0 N–H and O–H groups in total. The first-order valence-corrected chi connectivity index (χ1v) is 11.9. The minimum Gasteiger partial charge on any atom is -0.486 e. The van der Waals surface area contributed by atoms with Gasteiger partial charge in [-0.1, -0.05) is 0 Å². The van der Waals surface area contributed by atoms with Crippen LogP contribution in [0.3, 0.4) is 0 Å². The minimum absolute atomic E-state index is 0.224. The van der Waals surface area contributed by atoms with Crippen LogP contribution in [0.4, 0.5) is 11.8 Å². The maximum Gasteiger partial charge on any atom is 0.243 e. The highest BCUT2D eigenvalue weighted by Crippen LogP contribution is 2.33. The number of piperazine rings is 1. The van der Waals surface area contributed by atoms with E-state index in [0.29, 0.717) is 70.1 Å². The quantitative estimate of drug-likeness (QED) is 0.667. The molecule has 0 spiro atoms. The van der Waals surface area contributed by atoms with Gasteiger partial charge >= 0.3 is 0 Å². The number of anilines is 2. The molecule has 0 saturated carbocycles. The fourth-order valence-electron chi connectivity index (χ4n) is 3.92. The van der Waals surface area contributed by atoms with Crippen LogP contribution in [0.1, 0.15) is 0 Å². The molecule has 166 valence electrons. The number of hydrogen-bond acceptors (Lipinski definition) is 9. The third-order valence-electron chi connectivity index (χ3n) is 5.64. The lowest BCUT2D eigenvalue weighted by Crippen LogP contribution is -2.49. The number of morpholine rings is 1. The molecule has 3 aliphatic heterocycles. The van der Waals surface area contributed by atoms with Crippen LogP contribution in [0.15, 0.2) is 35.4 Å². The Morgan fingerprint density at radius 3 is 2.32 bits per heavy atom. The Morgan fingerprint density at radius 1 is 0.806 bits per heavy atom. The predicted octanol–water partition coefficient (Wildman–Crippen LogP) is 0.595. The van der Waals surface area contributed by atoms with Crippen LogP contribution in [-0.2, 0) is 14.8 Å². The van der Waals surface area contributed by atoms with Crippen molar-refractivity contribution in [2.24, 2.45) is 0 Å². The number of hydrogen-bond donors (Lipinski definition) is 0. The topological polar surface area (TPSA) is 97.3 Å². The van der Waals surface area contributed by atoms with Gasteiger partial charge in [0.1, 0.15) is 19.0 Å². The molecule has 2 fully saturated rings. The Hall–Kier alpha value is -2.63. The smallest absolute Gasteiger partial charge is 0.243 e. The highest BCUT2D eigenvalue weighted by molar-refractivity contribution is 7.89. The van der Waals surface area contributed by atoms with Gasteiger partial charge in [-0.3, -0.25) is 0 Å². The summed E-state index contributed by atoms with van der Waals surface area (Å²) < 4.78 is 44.2. The minimum atomic E-state index is -3.61. The van der Waals surface area contributed by atoms with E-state index in [1.165, 1.54) is 4.31 Å². The molecule has 2 aromatic rings. The fourth-order valence-corrected chi connectivity index (χ4v) is 5.36. The van der Waals surface area contributed by atoms with Crippen LogP contribution in [0.5, 0.6) is 11.5 Å². The second-order valence-electron chi connectivity index (χ2n) is 7.51. The van der Waals surface area contributed by atoms with Gasteiger partial charge in [-0.15, -0.1) is 0 Å². The molecule has 4 heterocycles. The van der Waals surface area contributed by atoms with Crippen LogP contribution in [0.25, 0.3) is 0 Å². The summed E-state index contributed by atoms with van der Waals surface area (Å²) in [5, 5.41) is 0. The van der Waals surface area contributed by atoms with Gasteiger partial charge in [-0.25, -0.2) is 13.4 Å². The molecule has 0 aliphatic carbocycles. The Labute approximate surface area is 181 Å². The molecule has 3 aliphatic rings. The van der Waals surface area contributed by atoms with Crippen LogP contribution in [-0.4, -0.2) is 88.4 Å². The summed E-state index contributed by atoms with van der Waals surface area (Å²) in [4.78, 5) is 13.5.